The molecule has 3 rings (SSSR count). The molecule has 126 valence electrons. The van der Waals surface area contributed by atoms with Crippen molar-refractivity contribution in [1.82, 2.24) is 5.32 Å². The van der Waals surface area contributed by atoms with Gasteiger partial charge in [0.15, 0.2) is 0 Å². The van der Waals surface area contributed by atoms with Crippen molar-refractivity contribution in [1.29, 1.82) is 0 Å². The van der Waals surface area contributed by atoms with Crippen LogP contribution in [-0.4, -0.2) is 18.6 Å². The van der Waals surface area contributed by atoms with Gasteiger partial charge in [0, 0.05) is 34.0 Å². The van der Waals surface area contributed by atoms with Crippen molar-refractivity contribution in [2.45, 2.75) is 25.3 Å². The summed E-state index contributed by atoms with van der Waals surface area (Å²) in [5.41, 5.74) is 2.83. The third-order valence-electron chi connectivity index (χ3n) is 3.79. The minimum Gasteiger partial charge on any atom is -0.385 e. The normalized spacial score (nSPS) is 13.4. The van der Waals surface area contributed by atoms with Crippen LogP contribution in [0.15, 0.2) is 42.5 Å². The fourth-order valence-electron chi connectivity index (χ4n) is 2.32. The summed E-state index contributed by atoms with van der Waals surface area (Å²) < 4.78 is 0. The Kier molecular flexibility index (Phi) is 5.48. The Morgan fingerprint density at radius 3 is 2.42 bits per heavy atom. The van der Waals surface area contributed by atoms with E-state index >= 15 is 0 Å². The minimum atomic E-state index is -0.143. The van der Waals surface area contributed by atoms with Crippen LogP contribution >= 0.6 is 23.2 Å². The molecule has 0 radical (unpaired) electrons. The molecule has 0 heterocycles. The van der Waals surface area contributed by atoms with Gasteiger partial charge in [-0.1, -0.05) is 29.3 Å². The molecule has 1 aliphatic carbocycles. The van der Waals surface area contributed by atoms with E-state index < -0.39 is 0 Å². The van der Waals surface area contributed by atoms with Crippen molar-refractivity contribution in [3.8, 4) is 0 Å². The van der Waals surface area contributed by atoms with E-state index in [-0.39, 0.29) is 6.03 Å². The number of anilines is 2. The monoisotopic (exact) mass is 363 g/mol. The molecule has 0 unspecified atom stereocenters. The first kappa shape index (κ1) is 16.9. The SMILES string of the molecule is O=C(Nc1ccc(NCCc2ccc(Cl)cc2Cl)cc1)NC1CC1. The first-order valence-electron chi connectivity index (χ1n) is 7.95. The fourth-order valence-corrected chi connectivity index (χ4v) is 2.82. The van der Waals surface area contributed by atoms with Gasteiger partial charge in [-0.2, -0.15) is 0 Å². The number of urea groups is 1. The molecular weight excluding hydrogens is 345 g/mol. The molecule has 2 amide bonds. The summed E-state index contributed by atoms with van der Waals surface area (Å²) in [5, 5.41) is 10.4. The number of hydrogen-bond donors (Lipinski definition) is 3. The van der Waals surface area contributed by atoms with E-state index in [0.29, 0.717) is 16.1 Å². The highest BCUT2D eigenvalue weighted by Crippen LogP contribution is 2.22. The maximum atomic E-state index is 11.7. The number of hydrogen-bond acceptors (Lipinski definition) is 2. The molecule has 2 aromatic rings. The average Bonchev–Trinajstić information content (AvgIpc) is 3.35. The highest BCUT2D eigenvalue weighted by atomic mass is 35.5. The molecule has 0 aliphatic heterocycles. The summed E-state index contributed by atoms with van der Waals surface area (Å²) in [6.07, 6.45) is 2.96. The van der Waals surface area contributed by atoms with E-state index in [1.54, 1.807) is 6.07 Å². The predicted molar refractivity (Wildman–Crippen MR) is 100 cm³/mol. The van der Waals surface area contributed by atoms with Gasteiger partial charge in [-0.05, 0) is 61.2 Å². The number of benzene rings is 2. The van der Waals surface area contributed by atoms with Gasteiger partial charge in [-0.25, -0.2) is 4.79 Å². The molecule has 0 atom stereocenters. The lowest BCUT2D eigenvalue weighted by Gasteiger charge is -2.10. The lowest BCUT2D eigenvalue weighted by atomic mass is 10.1. The Balaban J connectivity index is 1.46. The van der Waals surface area contributed by atoms with Crippen molar-refractivity contribution in [3.63, 3.8) is 0 Å². The molecular formula is C18H19Cl2N3O. The molecule has 24 heavy (non-hydrogen) atoms. The molecule has 3 N–H and O–H groups in total. The molecule has 2 aromatic carbocycles. The van der Waals surface area contributed by atoms with Crippen LogP contribution < -0.4 is 16.0 Å². The Morgan fingerprint density at radius 1 is 1.04 bits per heavy atom. The van der Waals surface area contributed by atoms with Crippen LogP contribution in [0.1, 0.15) is 18.4 Å². The topological polar surface area (TPSA) is 53.2 Å². The Hall–Kier alpha value is -1.91. The molecule has 4 nitrogen and oxygen atoms in total. The van der Waals surface area contributed by atoms with Crippen molar-refractivity contribution < 1.29 is 4.79 Å². The summed E-state index contributed by atoms with van der Waals surface area (Å²) in [4.78, 5) is 11.7. The summed E-state index contributed by atoms with van der Waals surface area (Å²) in [5.74, 6) is 0. The molecule has 0 spiro atoms. The smallest absolute Gasteiger partial charge is 0.319 e. The molecule has 1 aliphatic rings. The molecule has 0 aromatic heterocycles. The second kappa shape index (κ2) is 7.77. The van der Waals surface area contributed by atoms with Crippen molar-refractivity contribution in [3.05, 3.63) is 58.1 Å². The Morgan fingerprint density at radius 2 is 1.75 bits per heavy atom. The average molecular weight is 364 g/mol. The van der Waals surface area contributed by atoms with E-state index in [1.165, 1.54) is 0 Å². The van der Waals surface area contributed by atoms with Gasteiger partial charge >= 0.3 is 6.03 Å². The number of carbonyl (C=O) groups is 1. The van der Waals surface area contributed by atoms with Crippen LogP contribution in [-0.2, 0) is 6.42 Å². The Bertz CT molecular complexity index is 715. The van der Waals surface area contributed by atoms with Gasteiger partial charge in [0.25, 0.3) is 0 Å². The summed E-state index contributed by atoms with van der Waals surface area (Å²) in [6, 6.07) is 13.4. The van der Waals surface area contributed by atoms with Gasteiger partial charge in [-0.15, -0.1) is 0 Å². The number of halogens is 2. The lowest BCUT2D eigenvalue weighted by molar-refractivity contribution is 0.251. The van der Waals surface area contributed by atoms with Gasteiger partial charge in [0.05, 0.1) is 0 Å². The number of rotatable bonds is 6. The predicted octanol–water partition coefficient (Wildman–Crippen LogP) is 4.93. The Labute approximate surface area is 151 Å². The number of nitrogens with one attached hydrogen (secondary N) is 3. The lowest BCUT2D eigenvalue weighted by Crippen LogP contribution is -2.30. The fraction of sp³-hybridized carbons (Fsp3) is 0.278. The zero-order valence-corrected chi connectivity index (χ0v) is 14.6. The molecule has 0 bridgehead atoms. The van der Waals surface area contributed by atoms with Crippen LogP contribution in [0.2, 0.25) is 10.0 Å². The van der Waals surface area contributed by atoms with Crippen LogP contribution in [0.25, 0.3) is 0 Å². The van der Waals surface area contributed by atoms with Crippen molar-refractivity contribution in [2.75, 3.05) is 17.2 Å². The van der Waals surface area contributed by atoms with Crippen LogP contribution in [0.5, 0.6) is 0 Å². The standard InChI is InChI=1S/C18H19Cl2N3O/c19-13-2-1-12(17(20)11-13)9-10-21-14-3-5-15(6-4-14)22-18(24)23-16-7-8-16/h1-6,11,16,21H,7-10H2,(H2,22,23,24). The van der Waals surface area contributed by atoms with Crippen molar-refractivity contribution in [2.24, 2.45) is 0 Å². The molecule has 0 saturated heterocycles. The largest absolute Gasteiger partial charge is 0.385 e. The quantitative estimate of drug-likeness (QED) is 0.681. The molecule has 1 saturated carbocycles. The zero-order valence-electron chi connectivity index (χ0n) is 13.1. The van der Waals surface area contributed by atoms with Gasteiger partial charge in [0.2, 0.25) is 0 Å². The van der Waals surface area contributed by atoms with E-state index in [4.69, 9.17) is 23.2 Å². The molecule has 1 fully saturated rings. The second-order valence-corrected chi connectivity index (χ2v) is 6.71. The van der Waals surface area contributed by atoms with E-state index in [0.717, 1.165) is 42.7 Å². The van der Waals surface area contributed by atoms with Gasteiger partial charge in [0.1, 0.15) is 0 Å². The highest BCUT2D eigenvalue weighted by molar-refractivity contribution is 6.35. The van der Waals surface area contributed by atoms with E-state index in [1.807, 2.05) is 36.4 Å². The van der Waals surface area contributed by atoms with Gasteiger partial charge in [-0.3, -0.25) is 0 Å². The minimum absolute atomic E-state index is 0.143. The number of carbonyl (C=O) groups excluding carboxylic acids is 1. The number of amides is 2. The third-order valence-corrected chi connectivity index (χ3v) is 4.38. The summed E-state index contributed by atoms with van der Waals surface area (Å²) >= 11 is 12.1. The third kappa shape index (κ3) is 5.05. The molecule has 6 heteroatoms. The van der Waals surface area contributed by atoms with E-state index in [9.17, 15) is 4.79 Å². The second-order valence-electron chi connectivity index (χ2n) is 5.86. The summed E-state index contributed by atoms with van der Waals surface area (Å²) in [7, 11) is 0. The maximum Gasteiger partial charge on any atom is 0.319 e. The first-order valence-corrected chi connectivity index (χ1v) is 8.71. The van der Waals surface area contributed by atoms with Crippen molar-refractivity contribution >= 4 is 40.6 Å². The van der Waals surface area contributed by atoms with E-state index in [2.05, 4.69) is 16.0 Å². The van der Waals surface area contributed by atoms with Crippen LogP contribution in [0.3, 0.4) is 0 Å². The van der Waals surface area contributed by atoms with Gasteiger partial charge < -0.3 is 16.0 Å². The van der Waals surface area contributed by atoms with Crippen LogP contribution in [0.4, 0.5) is 16.2 Å². The first-order chi connectivity index (χ1) is 11.6. The highest BCUT2D eigenvalue weighted by Gasteiger charge is 2.23. The zero-order chi connectivity index (χ0) is 16.9. The van der Waals surface area contributed by atoms with Crippen LogP contribution in [0, 0.1) is 0 Å². The maximum absolute atomic E-state index is 11.7. The summed E-state index contributed by atoms with van der Waals surface area (Å²) in [6.45, 7) is 0.760.